The van der Waals surface area contributed by atoms with Crippen molar-refractivity contribution in [2.45, 2.75) is 25.7 Å². The molecule has 1 N–H and O–H groups in total. The van der Waals surface area contributed by atoms with Crippen molar-refractivity contribution in [3.8, 4) is 0 Å². The van der Waals surface area contributed by atoms with E-state index < -0.39 is 0 Å². The van der Waals surface area contributed by atoms with E-state index in [1.807, 2.05) is 5.01 Å². The molecule has 0 aliphatic carbocycles. The van der Waals surface area contributed by atoms with Gasteiger partial charge in [0, 0.05) is 37.5 Å². The van der Waals surface area contributed by atoms with Crippen molar-refractivity contribution in [3.63, 3.8) is 0 Å². The maximum atomic E-state index is 11.4. The van der Waals surface area contributed by atoms with E-state index in [1.165, 1.54) is 14.9 Å². The molecule has 1 aromatic heterocycles. The van der Waals surface area contributed by atoms with E-state index >= 15 is 0 Å². The summed E-state index contributed by atoms with van der Waals surface area (Å²) in [5.74, 6) is 0.0826. The number of nitrogens with zero attached hydrogens (tertiary/aromatic N) is 4. The molecule has 0 unspecified atom stereocenters. The molecule has 2 aliphatic rings. The van der Waals surface area contributed by atoms with E-state index in [4.69, 9.17) is 14.6 Å². The van der Waals surface area contributed by atoms with Gasteiger partial charge in [0.2, 0.25) is 11.8 Å². The summed E-state index contributed by atoms with van der Waals surface area (Å²) in [7, 11) is 0. The highest BCUT2D eigenvalue weighted by molar-refractivity contribution is 6.01. The molecule has 2 aliphatic heterocycles. The molecular formula is C12H20N4O5. The fourth-order valence-corrected chi connectivity index (χ4v) is 2.63. The van der Waals surface area contributed by atoms with E-state index in [2.05, 4.69) is 0 Å². The second-order valence-electron chi connectivity index (χ2n) is 5.42. The Kier molecular flexibility index (Phi) is 3.91. The summed E-state index contributed by atoms with van der Waals surface area (Å²) in [6, 6.07) is 0. The van der Waals surface area contributed by atoms with E-state index in [9.17, 15) is 9.59 Å². The summed E-state index contributed by atoms with van der Waals surface area (Å²) >= 11 is 0. The van der Waals surface area contributed by atoms with E-state index in [1.54, 1.807) is 0 Å². The number of aliphatic hydroxyl groups is 1. The second-order valence-corrected chi connectivity index (χ2v) is 5.42. The van der Waals surface area contributed by atoms with Gasteiger partial charge in [0.15, 0.2) is 0 Å². The van der Waals surface area contributed by atoms with Gasteiger partial charge in [0.25, 0.3) is 0 Å². The van der Waals surface area contributed by atoms with Gasteiger partial charge in [-0.3, -0.25) is 19.5 Å². The van der Waals surface area contributed by atoms with Crippen LogP contribution >= 0.6 is 0 Å². The molecule has 0 bridgehead atoms. The number of imide groups is 1. The van der Waals surface area contributed by atoms with Crippen LogP contribution in [0.2, 0.25) is 0 Å². The lowest BCUT2D eigenvalue weighted by molar-refractivity contribution is -0.139. The average molecular weight is 300 g/mol. The van der Waals surface area contributed by atoms with Gasteiger partial charge in [0.05, 0.1) is 6.54 Å². The van der Waals surface area contributed by atoms with Crippen LogP contribution in [0, 0.1) is 5.92 Å². The van der Waals surface area contributed by atoms with Gasteiger partial charge in [-0.15, -0.1) is 0 Å². The van der Waals surface area contributed by atoms with Crippen molar-refractivity contribution in [3.05, 3.63) is 0 Å². The van der Waals surface area contributed by atoms with Gasteiger partial charge >= 0.3 is 0 Å². The van der Waals surface area contributed by atoms with Crippen molar-refractivity contribution in [1.82, 2.24) is 14.9 Å². The average Bonchev–Trinajstić information content (AvgIpc) is 3.21. The van der Waals surface area contributed by atoms with Crippen LogP contribution < -0.4 is 9.85 Å². The number of amides is 2. The van der Waals surface area contributed by atoms with Crippen LogP contribution in [0.15, 0.2) is 4.63 Å². The lowest BCUT2D eigenvalue weighted by Crippen LogP contribution is -2.41. The molecule has 0 spiro atoms. The molecular weight excluding hydrogens is 280 g/mol. The Hall–Kier alpha value is -1.90. The largest absolute Gasteiger partial charge is 0.396 e. The zero-order valence-corrected chi connectivity index (χ0v) is 11.8. The first-order valence-electron chi connectivity index (χ1n) is 7.29. The zero-order chi connectivity index (χ0) is 14.8. The molecule has 9 heteroatoms. The number of hydrogen-bond donors (Lipinski definition) is 1. The number of aromatic nitrogens is 2. The molecule has 118 valence electrons. The predicted molar refractivity (Wildman–Crippen MR) is 69.8 cm³/mol. The number of rotatable bonds is 6. The summed E-state index contributed by atoms with van der Waals surface area (Å²) in [6.07, 6.45) is 2.43. The first-order chi connectivity index (χ1) is 10.2. The Morgan fingerprint density at radius 1 is 1.19 bits per heavy atom. The van der Waals surface area contributed by atoms with E-state index in [-0.39, 0.29) is 31.6 Å². The molecule has 21 heavy (non-hydrogen) atoms. The van der Waals surface area contributed by atoms with Crippen LogP contribution in [-0.2, 0) is 9.59 Å². The highest BCUT2D eigenvalue weighted by atomic mass is 17.0. The van der Waals surface area contributed by atoms with Gasteiger partial charge in [-0.1, -0.05) is 0 Å². The standard InChI is InChI=1S/C12H20N4O5/c17-9-10-3-5-13(6-4-10)15-16(21-15)20-8-7-14-11(18)1-2-12(14)19/h10,17H,1-9H2. The molecule has 3 rings (SSSR count). The Balaban J connectivity index is 1.39. The molecule has 0 saturated carbocycles. The Labute approximate surface area is 121 Å². The molecule has 1 aromatic rings. The monoisotopic (exact) mass is 300 g/mol. The minimum absolute atomic E-state index is 0.141. The quantitative estimate of drug-likeness (QED) is 0.663. The lowest BCUT2D eigenvalue weighted by atomic mass is 9.99. The van der Waals surface area contributed by atoms with Crippen LogP contribution in [-0.4, -0.2) is 64.7 Å². The van der Waals surface area contributed by atoms with Crippen LogP contribution in [0.1, 0.15) is 25.7 Å². The minimum Gasteiger partial charge on any atom is -0.396 e. The summed E-state index contributed by atoms with van der Waals surface area (Å²) in [5, 5.41) is 12.3. The van der Waals surface area contributed by atoms with Crippen molar-refractivity contribution in [2.24, 2.45) is 5.92 Å². The highest BCUT2D eigenvalue weighted by Gasteiger charge is 2.29. The fraction of sp³-hybridized carbons (Fsp3) is 0.833. The number of piperidine rings is 1. The van der Waals surface area contributed by atoms with Gasteiger partial charge < -0.3 is 9.94 Å². The van der Waals surface area contributed by atoms with Crippen LogP contribution in [0.4, 0.5) is 0 Å². The Morgan fingerprint density at radius 2 is 1.86 bits per heavy atom. The van der Waals surface area contributed by atoms with Crippen LogP contribution in [0.25, 0.3) is 0 Å². The van der Waals surface area contributed by atoms with Gasteiger partial charge in [-0.25, -0.2) is 0 Å². The number of carbonyl (C=O) groups excluding carboxylic acids is 2. The van der Waals surface area contributed by atoms with Gasteiger partial charge in [-0.2, -0.15) is 4.63 Å². The first-order valence-corrected chi connectivity index (χ1v) is 7.29. The molecule has 2 saturated heterocycles. The summed E-state index contributed by atoms with van der Waals surface area (Å²) in [6.45, 7) is 2.29. The lowest BCUT2D eigenvalue weighted by Gasteiger charge is -2.27. The SMILES string of the molecule is O=C1CCC(=O)N1CCOn1on1N1CCC(CO)CC1. The van der Waals surface area contributed by atoms with Crippen LogP contribution in [0.3, 0.4) is 0 Å². The van der Waals surface area contributed by atoms with Gasteiger partial charge in [0.1, 0.15) is 11.6 Å². The second kappa shape index (κ2) is 5.84. The fourth-order valence-electron chi connectivity index (χ4n) is 2.63. The molecule has 3 heterocycles. The number of hydrogen-bond acceptors (Lipinski definition) is 6. The minimum atomic E-state index is -0.141. The highest BCUT2D eigenvalue weighted by Crippen LogP contribution is 2.16. The molecule has 0 atom stereocenters. The third-order valence-electron chi connectivity index (χ3n) is 4.02. The topological polar surface area (TPSA) is 93.1 Å². The van der Waals surface area contributed by atoms with Crippen molar-refractivity contribution >= 4 is 11.8 Å². The molecule has 0 radical (unpaired) electrons. The zero-order valence-electron chi connectivity index (χ0n) is 11.8. The molecule has 0 aromatic carbocycles. The number of carbonyl (C=O) groups is 2. The Bertz CT molecular complexity index is 480. The van der Waals surface area contributed by atoms with E-state index in [0.717, 1.165) is 25.9 Å². The third kappa shape index (κ3) is 3.07. The number of likely N-dealkylation sites (tertiary alicyclic amines) is 1. The Morgan fingerprint density at radius 3 is 2.48 bits per heavy atom. The van der Waals surface area contributed by atoms with Gasteiger partial charge in [-0.05, 0) is 18.8 Å². The maximum absolute atomic E-state index is 11.4. The number of aliphatic hydroxyl groups excluding tert-OH is 1. The maximum Gasteiger partial charge on any atom is 0.229 e. The molecule has 2 amide bonds. The summed E-state index contributed by atoms with van der Waals surface area (Å²) in [4.78, 5) is 30.9. The van der Waals surface area contributed by atoms with Crippen molar-refractivity contribution < 1.29 is 24.2 Å². The van der Waals surface area contributed by atoms with Crippen LogP contribution in [0.5, 0.6) is 0 Å². The van der Waals surface area contributed by atoms with Crippen molar-refractivity contribution in [2.75, 3.05) is 37.9 Å². The molecule has 9 nitrogen and oxygen atoms in total. The predicted octanol–water partition coefficient (Wildman–Crippen LogP) is -1.20. The first kappa shape index (κ1) is 14.1. The normalized spacial score (nSPS) is 20.8. The van der Waals surface area contributed by atoms with Crippen molar-refractivity contribution in [1.29, 1.82) is 0 Å². The summed E-state index contributed by atoms with van der Waals surface area (Å²) in [5.41, 5.74) is 0. The van der Waals surface area contributed by atoms with E-state index in [0.29, 0.717) is 18.8 Å². The summed E-state index contributed by atoms with van der Waals surface area (Å²) < 4.78 is 5.16. The smallest absolute Gasteiger partial charge is 0.229 e. The third-order valence-corrected chi connectivity index (χ3v) is 4.02. The molecule has 2 fully saturated rings.